The Morgan fingerprint density at radius 1 is 1.03 bits per heavy atom. The van der Waals surface area contributed by atoms with Crippen molar-refractivity contribution in [2.45, 2.75) is 13.0 Å². The minimum absolute atomic E-state index is 0.133. The zero-order valence-corrected chi connectivity index (χ0v) is 17.6. The lowest BCUT2D eigenvalue weighted by Gasteiger charge is -2.26. The number of nitrogen functional groups attached to an aromatic ring is 1. The Bertz CT molecular complexity index is 1080. The number of nitrogens with two attached hydrogens (primary N) is 1. The summed E-state index contributed by atoms with van der Waals surface area (Å²) in [6.07, 6.45) is 2.25. The first-order valence-corrected chi connectivity index (χ1v) is 10.5. The number of nitrogens with one attached hydrogen (secondary N) is 1. The van der Waals surface area contributed by atoms with Crippen LogP contribution >= 0.6 is 0 Å². The van der Waals surface area contributed by atoms with Gasteiger partial charge in [0, 0.05) is 44.1 Å². The summed E-state index contributed by atoms with van der Waals surface area (Å²) in [5.74, 6) is -0.387. The maximum Gasteiger partial charge on any atom is 0.289 e. The van der Waals surface area contributed by atoms with E-state index in [2.05, 4.69) is 10.2 Å². The molecule has 0 saturated carbocycles. The van der Waals surface area contributed by atoms with Gasteiger partial charge in [-0.1, -0.05) is 12.1 Å². The molecule has 0 spiro atoms. The first-order chi connectivity index (χ1) is 15.5. The summed E-state index contributed by atoms with van der Waals surface area (Å²) in [5.41, 5.74) is 8.49. The molecule has 1 aliphatic heterocycles. The second-order valence-corrected chi connectivity index (χ2v) is 7.70. The minimum Gasteiger partial charge on any atom is -0.459 e. The van der Waals surface area contributed by atoms with Gasteiger partial charge < -0.3 is 25.3 Å². The molecule has 1 aliphatic rings. The van der Waals surface area contributed by atoms with Crippen molar-refractivity contribution in [3.8, 4) is 0 Å². The van der Waals surface area contributed by atoms with Gasteiger partial charge in [0.1, 0.15) is 5.82 Å². The molecule has 2 aromatic carbocycles. The molecule has 32 heavy (non-hydrogen) atoms. The molecule has 2 amide bonds. The fourth-order valence-electron chi connectivity index (χ4n) is 3.81. The number of carbonyl (C=O) groups excluding carboxylic acids is 2. The van der Waals surface area contributed by atoms with Gasteiger partial charge in [-0.2, -0.15) is 0 Å². The van der Waals surface area contributed by atoms with Crippen LogP contribution < -0.4 is 16.0 Å². The Hall–Kier alpha value is -3.81. The van der Waals surface area contributed by atoms with Crippen LogP contribution in [0.3, 0.4) is 0 Å². The molecule has 3 N–H and O–H groups in total. The lowest BCUT2D eigenvalue weighted by atomic mass is 10.1. The van der Waals surface area contributed by atoms with Crippen molar-refractivity contribution in [2.75, 3.05) is 36.8 Å². The van der Waals surface area contributed by atoms with Gasteiger partial charge in [-0.25, -0.2) is 4.39 Å². The molecule has 0 unspecified atom stereocenters. The van der Waals surface area contributed by atoms with E-state index in [0.717, 1.165) is 17.7 Å². The average Bonchev–Trinajstić information content (AvgIpc) is 3.23. The highest BCUT2D eigenvalue weighted by molar-refractivity contribution is 6.00. The maximum atomic E-state index is 13.1. The zero-order valence-electron chi connectivity index (χ0n) is 17.6. The summed E-state index contributed by atoms with van der Waals surface area (Å²) in [7, 11) is 0. The predicted octanol–water partition coefficient (Wildman–Crippen LogP) is 3.28. The largest absolute Gasteiger partial charge is 0.459 e. The number of halogens is 1. The number of rotatable bonds is 5. The van der Waals surface area contributed by atoms with Crippen LogP contribution in [-0.2, 0) is 6.54 Å². The average molecular weight is 436 g/mol. The molecule has 1 saturated heterocycles. The molecule has 0 bridgehead atoms. The van der Waals surface area contributed by atoms with E-state index in [-0.39, 0.29) is 24.2 Å². The van der Waals surface area contributed by atoms with Crippen molar-refractivity contribution >= 4 is 23.2 Å². The Labute approximate surface area is 185 Å². The summed E-state index contributed by atoms with van der Waals surface area (Å²) >= 11 is 0. The number of hydrogen-bond acceptors (Lipinski definition) is 5. The molecule has 4 rings (SSSR count). The van der Waals surface area contributed by atoms with Crippen LogP contribution in [0.5, 0.6) is 0 Å². The van der Waals surface area contributed by atoms with E-state index in [4.69, 9.17) is 10.2 Å². The molecule has 1 aromatic heterocycles. The van der Waals surface area contributed by atoms with E-state index in [1.165, 1.54) is 18.4 Å². The summed E-state index contributed by atoms with van der Waals surface area (Å²) in [4.78, 5) is 29.5. The second-order valence-electron chi connectivity index (χ2n) is 7.70. The molecule has 8 heteroatoms. The van der Waals surface area contributed by atoms with Crippen LogP contribution in [0.15, 0.2) is 65.3 Å². The van der Waals surface area contributed by atoms with Crippen molar-refractivity contribution in [2.24, 2.45) is 0 Å². The molecule has 1 fully saturated rings. The van der Waals surface area contributed by atoms with Gasteiger partial charge in [0.05, 0.1) is 11.8 Å². The predicted molar refractivity (Wildman–Crippen MR) is 120 cm³/mol. The van der Waals surface area contributed by atoms with Crippen LogP contribution in [-0.4, -0.2) is 42.9 Å². The number of anilines is 2. The van der Waals surface area contributed by atoms with Gasteiger partial charge >= 0.3 is 0 Å². The van der Waals surface area contributed by atoms with Gasteiger partial charge in [-0.05, 0) is 54.4 Å². The Balaban J connectivity index is 1.47. The first-order valence-electron chi connectivity index (χ1n) is 10.5. The Morgan fingerprint density at radius 3 is 2.59 bits per heavy atom. The molecular formula is C24H25FN4O3. The molecule has 0 atom stereocenters. The number of furan rings is 1. The Morgan fingerprint density at radius 2 is 1.84 bits per heavy atom. The smallest absolute Gasteiger partial charge is 0.289 e. The van der Waals surface area contributed by atoms with E-state index in [9.17, 15) is 14.0 Å². The second kappa shape index (κ2) is 9.55. The third-order valence-electron chi connectivity index (χ3n) is 5.49. The molecular weight excluding hydrogens is 411 g/mol. The SMILES string of the molecule is Nc1ccc(N2CCCN(C(=O)c3ccco3)CC2)c(C(=O)NCc2ccc(F)cc2)c1. The number of amides is 2. The van der Waals surface area contributed by atoms with Crippen molar-refractivity contribution in [1.82, 2.24) is 10.2 Å². The van der Waals surface area contributed by atoms with Crippen LogP contribution in [0, 0.1) is 5.82 Å². The number of carbonyl (C=O) groups is 2. The minimum atomic E-state index is -0.320. The summed E-state index contributed by atoms with van der Waals surface area (Å²) in [6, 6.07) is 14.6. The van der Waals surface area contributed by atoms with Crippen molar-refractivity contribution < 1.29 is 18.4 Å². The number of benzene rings is 2. The molecule has 7 nitrogen and oxygen atoms in total. The van der Waals surface area contributed by atoms with Gasteiger partial charge in [-0.15, -0.1) is 0 Å². The lowest BCUT2D eigenvalue weighted by molar-refractivity contribution is 0.0735. The summed E-state index contributed by atoms with van der Waals surface area (Å²) < 4.78 is 18.3. The quantitative estimate of drug-likeness (QED) is 0.599. The standard InChI is InChI=1S/C24H25FN4O3/c25-18-6-4-17(5-7-18)16-27-23(30)20-15-19(26)8-9-21(20)28-10-2-11-29(13-12-28)24(31)22-3-1-14-32-22/h1,3-9,14-15H,2,10-13,16,26H2,(H,27,30). The van der Waals surface area contributed by atoms with Gasteiger partial charge in [0.25, 0.3) is 11.8 Å². The van der Waals surface area contributed by atoms with Crippen molar-refractivity contribution in [1.29, 1.82) is 0 Å². The molecule has 166 valence electrons. The highest BCUT2D eigenvalue weighted by atomic mass is 19.1. The number of hydrogen-bond donors (Lipinski definition) is 2. The zero-order chi connectivity index (χ0) is 22.5. The fourth-order valence-corrected chi connectivity index (χ4v) is 3.81. The third kappa shape index (κ3) is 4.91. The van der Waals surface area contributed by atoms with E-state index < -0.39 is 0 Å². The van der Waals surface area contributed by atoms with Crippen LogP contribution in [0.4, 0.5) is 15.8 Å². The van der Waals surface area contributed by atoms with Crippen LogP contribution in [0.25, 0.3) is 0 Å². The highest BCUT2D eigenvalue weighted by Crippen LogP contribution is 2.25. The monoisotopic (exact) mass is 436 g/mol. The normalized spacial score (nSPS) is 14.2. The van der Waals surface area contributed by atoms with Crippen LogP contribution in [0.1, 0.15) is 32.9 Å². The summed E-state index contributed by atoms with van der Waals surface area (Å²) in [5, 5.41) is 2.88. The van der Waals surface area contributed by atoms with E-state index in [0.29, 0.717) is 43.2 Å². The third-order valence-corrected chi connectivity index (χ3v) is 5.49. The maximum absolute atomic E-state index is 13.1. The van der Waals surface area contributed by atoms with Gasteiger partial charge in [-0.3, -0.25) is 9.59 Å². The molecule has 0 radical (unpaired) electrons. The lowest BCUT2D eigenvalue weighted by Crippen LogP contribution is -2.35. The summed E-state index contributed by atoms with van der Waals surface area (Å²) in [6.45, 7) is 2.68. The van der Waals surface area contributed by atoms with Gasteiger partial charge in [0.2, 0.25) is 0 Å². The molecule has 2 heterocycles. The highest BCUT2D eigenvalue weighted by Gasteiger charge is 2.24. The van der Waals surface area contributed by atoms with Crippen LogP contribution in [0.2, 0.25) is 0 Å². The van der Waals surface area contributed by atoms with Crippen molar-refractivity contribution in [3.63, 3.8) is 0 Å². The molecule has 3 aromatic rings. The van der Waals surface area contributed by atoms with Crippen molar-refractivity contribution in [3.05, 3.63) is 83.6 Å². The fraction of sp³-hybridized carbons (Fsp3) is 0.250. The Kier molecular flexibility index (Phi) is 6.39. The van der Waals surface area contributed by atoms with Gasteiger partial charge in [0.15, 0.2) is 5.76 Å². The van der Waals surface area contributed by atoms with E-state index in [1.807, 2.05) is 6.07 Å². The molecule has 0 aliphatic carbocycles. The first kappa shape index (κ1) is 21.4. The van der Waals surface area contributed by atoms with E-state index >= 15 is 0 Å². The van der Waals surface area contributed by atoms with E-state index in [1.54, 1.807) is 41.3 Å². The topological polar surface area (TPSA) is 91.8 Å². The number of nitrogens with zero attached hydrogens (tertiary/aromatic N) is 2.